The first-order valence-corrected chi connectivity index (χ1v) is 7.92. The molecular formula is C12H22N2S2. The zero-order valence-corrected chi connectivity index (χ0v) is 11.7. The predicted octanol–water partition coefficient (Wildman–Crippen LogP) is 2.63. The van der Waals surface area contributed by atoms with E-state index in [0.717, 1.165) is 23.5 Å². The first kappa shape index (κ1) is 12.5. The van der Waals surface area contributed by atoms with Crippen molar-refractivity contribution in [2.45, 2.75) is 50.3 Å². The van der Waals surface area contributed by atoms with Crippen LogP contribution in [-0.2, 0) is 0 Å². The van der Waals surface area contributed by atoms with Gasteiger partial charge in [0.2, 0.25) is 0 Å². The molecular weight excluding hydrogens is 236 g/mol. The molecule has 0 spiro atoms. The van der Waals surface area contributed by atoms with Crippen molar-refractivity contribution in [1.82, 2.24) is 10.2 Å². The Morgan fingerprint density at radius 2 is 2.19 bits per heavy atom. The molecule has 16 heavy (non-hydrogen) atoms. The topological polar surface area (TPSA) is 15.3 Å². The fourth-order valence-corrected chi connectivity index (χ4v) is 4.00. The van der Waals surface area contributed by atoms with Crippen LogP contribution in [0.3, 0.4) is 0 Å². The number of thioether (sulfide) groups is 1. The third-order valence-corrected chi connectivity index (χ3v) is 5.31. The van der Waals surface area contributed by atoms with Crippen molar-refractivity contribution in [3.05, 3.63) is 0 Å². The van der Waals surface area contributed by atoms with E-state index in [9.17, 15) is 0 Å². The zero-order valence-electron chi connectivity index (χ0n) is 10.1. The molecule has 1 aliphatic carbocycles. The SMILES string of the molecule is CCC1CN(C(=S)NC2CCCC2)CCS1. The van der Waals surface area contributed by atoms with Crippen LogP contribution in [0.2, 0.25) is 0 Å². The van der Waals surface area contributed by atoms with Gasteiger partial charge in [-0.1, -0.05) is 19.8 Å². The van der Waals surface area contributed by atoms with Gasteiger partial charge in [0.05, 0.1) is 0 Å². The first-order chi connectivity index (χ1) is 7.79. The van der Waals surface area contributed by atoms with Crippen LogP contribution in [0.1, 0.15) is 39.0 Å². The van der Waals surface area contributed by atoms with Gasteiger partial charge in [-0.15, -0.1) is 0 Å². The van der Waals surface area contributed by atoms with Crippen LogP contribution in [0.25, 0.3) is 0 Å². The summed E-state index contributed by atoms with van der Waals surface area (Å²) in [5, 5.41) is 5.32. The molecule has 1 heterocycles. The van der Waals surface area contributed by atoms with Crippen molar-refractivity contribution in [3.63, 3.8) is 0 Å². The van der Waals surface area contributed by atoms with Crippen LogP contribution in [0, 0.1) is 0 Å². The van der Waals surface area contributed by atoms with Gasteiger partial charge >= 0.3 is 0 Å². The molecule has 1 atom stereocenters. The van der Waals surface area contributed by atoms with E-state index >= 15 is 0 Å². The molecule has 2 nitrogen and oxygen atoms in total. The standard InChI is InChI=1S/C12H22N2S2/c1-2-11-9-14(7-8-16-11)12(15)13-10-5-3-4-6-10/h10-11H,2-9H2,1H3,(H,13,15). The molecule has 0 amide bonds. The van der Waals surface area contributed by atoms with E-state index in [-0.39, 0.29) is 0 Å². The van der Waals surface area contributed by atoms with E-state index in [1.807, 2.05) is 0 Å². The average Bonchev–Trinajstić information content (AvgIpc) is 2.82. The Bertz CT molecular complexity index is 239. The van der Waals surface area contributed by atoms with Crippen molar-refractivity contribution < 1.29 is 0 Å². The molecule has 1 N–H and O–H groups in total. The highest BCUT2D eigenvalue weighted by Crippen LogP contribution is 2.22. The highest BCUT2D eigenvalue weighted by Gasteiger charge is 2.23. The number of hydrogen-bond donors (Lipinski definition) is 1. The first-order valence-electron chi connectivity index (χ1n) is 6.46. The van der Waals surface area contributed by atoms with E-state index in [0.29, 0.717) is 6.04 Å². The molecule has 0 aromatic rings. The predicted molar refractivity (Wildman–Crippen MR) is 76.1 cm³/mol. The van der Waals surface area contributed by atoms with Gasteiger partial charge in [-0.3, -0.25) is 0 Å². The Morgan fingerprint density at radius 3 is 2.88 bits per heavy atom. The number of hydrogen-bond acceptors (Lipinski definition) is 2. The van der Waals surface area contributed by atoms with Crippen LogP contribution in [0.4, 0.5) is 0 Å². The largest absolute Gasteiger partial charge is 0.360 e. The molecule has 2 fully saturated rings. The molecule has 92 valence electrons. The normalized spacial score (nSPS) is 27.1. The van der Waals surface area contributed by atoms with E-state index in [4.69, 9.17) is 12.2 Å². The highest BCUT2D eigenvalue weighted by atomic mass is 32.2. The van der Waals surface area contributed by atoms with Gasteiger partial charge < -0.3 is 10.2 Å². The minimum Gasteiger partial charge on any atom is -0.360 e. The summed E-state index contributed by atoms with van der Waals surface area (Å²) in [5.41, 5.74) is 0. The summed E-state index contributed by atoms with van der Waals surface area (Å²) in [6.07, 6.45) is 6.61. The molecule has 1 unspecified atom stereocenters. The smallest absolute Gasteiger partial charge is 0.169 e. The van der Waals surface area contributed by atoms with Gasteiger partial charge in [0.25, 0.3) is 0 Å². The third kappa shape index (κ3) is 3.27. The maximum atomic E-state index is 5.52. The molecule has 1 aliphatic heterocycles. The lowest BCUT2D eigenvalue weighted by Gasteiger charge is -2.34. The lowest BCUT2D eigenvalue weighted by Crippen LogP contribution is -2.49. The summed E-state index contributed by atoms with van der Waals surface area (Å²) in [6, 6.07) is 0.655. The second-order valence-electron chi connectivity index (χ2n) is 4.78. The molecule has 4 heteroatoms. The molecule has 0 radical (unpaired) electrons. The summed E-state index contributed by atoms with van der Waals surface area (Å²) in [4.78, 5) is 2.37. The molecule has 0 aromatic carbocycles. The summed E-state index contributed by atoms with van der Waals surface area (Å²) in [5.74, 6) is 1.23. The fourth-order valence-electron chi connectivity index (χ4n) is 2.49. The molecule has 0 aromatic heterocycles. The Kier molecular flexibility index (Phi) is 4.77. The van der Waals surface area contributed by atoms with Gasteiger partial charge in [-0.05, 0) is 31.5 Å². The van der Waals surface area contributed by atoms with Crippen molar-refractivity contribution >= 4 is 29.1 Å². The number of thiocarbonyl (C=S) groups is 1. The minimum atomic E-state index is 0.655. The second kappa shape index (κ2) is 6.10. The average molecular weight is 258 g/mol. The van der Waals surface area contributed by atoms with Crippen LogP contribution < -0.4 is 5.32 Å². The molecule has 1 saturated heterocycles. The van der Waals surface area contributed by atoms with Crippen LogP contribution in [0.15, 0.2) is 0 Å². The number of nitrogens with zero attached hydrogens (tertiary/aromatic N) is 1. The molecule has 2 aliphatic rings. The quantitative estimate of drug-likeness (QED) is 0.766. The third-order valence-electron chi connectivity index (χ3n) is 3.56. The highest BCUT2D eigenvalue weighted by molar-refractivity contribution is 8.00. The van der Waals surface area contributed by atoms with Gasteiger partial charge in [-0.2, -0.15) is 11.8 Å². The van der Waals surface area contributed by atoms with E-state index < -0.39 is 0 Å². The Hall–Kier alpha value is 0.0400. The van der Waals surface area contributed by atoms with Crippen molar-refractivity contribution in [1.29, 1.82) is 0 Å². The summed E-state index contributed by atoms with van der Waals surface area (Å²) in [7, 11) is 0. The summed E-state index contributed by atoms with van der Waals surface area (Å²) >= 11 is 7.61. The Labute approximate surface area is 109 Å². The van der Waals surface area contributed by atoms with Gasteiger partial charge in [-0.25, -0.2) is 0 Å². The van der Waals surface area contributed by atoms with Crippen LogP contribution in [-0.4, -0.2) is 40.1 Å². The maximum absolute atomic E-state index is 5.52. The van der Waals surface area contributed by atoms with Crippen molar-refractivity contribution in [2.75, 3.05) is 18.8 Å². The van der Waals surface area contributed by atoms with Crippen LogP contribution >= 0.6 is 24.0 Å². The lowest BCUT2D eigenvalue weighted by molar-refractivity contribution is 0.409. The minimum absolute atomic E-state index is 0.655. The summed E-state index contributed by atoms with van der Waals surface area (Å²) < 4.78 is 0. The maximum Gasteiger partial charge on any atom is 0.169 e. The van der Waals surface area contributed by atoms with E-state index in [1.54, 1.807) is 0 Å². The fraction of sp³-hybridized carbons (Fsp3) is 0.917. The van der Waals surface area contributed by atoms with Crippen molar-refractivity contribution in [3.8, 4) is 0 Å². The van der Waals surface area contributed by atoms with Crippen molar-refractivity contribution in [2.24, 2.45) is 0 Å². The zero-order chi connectivity index (χ0) is 11.4. The van der Waals surface area contributed by atoms with E-state index in [2.05, 4.69) is 28.9 Å². The van der Waals surface area contributed by atoms with Gasteiger partial charge in [0.15, 0.2) is 5.11 Å². The van der Waals surface area contributed by atoms with Gasteiger partial charge in [0, 0.05) is 30.1 Å². The summed E-state index contributed by atoms with van der Waals surface area (Å²) in [6.45, 7) is 4.54. The molecule has 0 bridgehead atoms. The molecule has 2 rings (SSSR count). The Balaban J connectivity index is 1.79. The van der Waals surface area contributed by atoms with Crippen LogP contribution in [0.5, 0.6) is 0 Å². The van der Waals surface area contributed by atoms with E-state index in [1.165, 1.54) is 37.9 Å². The van der Waals surface area contributed by atoms with Gasteiger partial charge in [0.1, 0.15) is 0 Å². The number of nitrogens with one attached hydrogen (secondary N) is 1. The monoisotopic (exact) mass is 258 g/mol. The second-order valence-corrected chi connectivity index (χ2v) is 6.57. The Morgan fingerprint density at radius 1 is 1.44 bits per heavy atom. The number of rotatable bonds is 2. The lowest BCUT2D eigenvalue weighted by atomic mass is 10.2. The molecule has 1 saturated carbocycles.